The highest BCUT2D eigenvalue weighted by Gasteiger charge is 1.99. The zero-order valence-electron chi connectivity index (χ0n) is 12.2. The monoisotopic (exact) mass is 360 g/mol. The molecule has 5 heteroatoms. The molecule has 0 atom stereocenters. The number of ether oxygens (including phenoxy) is 1. The van der Waals surface area contributed by atoms with Gasteiger partial charge >= 0.3 is 6.03 Å². The molecule has 0 radical (unpaired) electrons. The lowest BCUT2D eigenvalue weighted by Crippen LogP contribution is -2.23. The van der Waals surface area contributed by atoms with E-state index in [0.717, 1.165) is 15.8 Å². The van der Waals surface area contributed by atoms with E-state index in [9.17, 15) is 4.79 Å². The number of halogens is 1. The number of nitrogens with one attached hydrogen (secondary N) is 2. The number of amides is 2. The summed E-state index contributed by atoms with van der Waals surface area (Å²) in [5, 5.41) is 5.40. The highest BCUT2D eigenvalue weighted by Crippen LogP contribution is 2.15. The fraction of sp³-hybridized carbons (Fsp3) is 0.118. The molecule has 2 amide bonds. The molecule has 114 valence electrons. The standard InChI is InChI=1S/C17H17BrN2O2/c1-2-22-16-9-7-15(8-10-16)20-17(21)19-12-11-13-3-5-14(18)6-4-13/h3-12H,2H2,1H3,(H2,19,20,21)/b12-11+. The van der Waals surface area contributed by atoms with Gasteiger partial charge in [-0.1, -0.05) is 28.1 Å². The molecule has 0 aliphatic carbocycles. The SMILES string of the molecule is CCOc1ccc(NC(=O)N/C=C/c2ccc(Br)cc2)cc1. The first-order valence-corrected chi connectivity index (χ1v) is 7.69. The Balaban J connectivity index is 1.83. The van der Waals surface area contributed by atoms with E-state index in [1.54, 1.807) is 18.3 Å². The van der Waals surface area contributed by atoms with Gasteiger partial charge in [-0.15, -0.1) is 0 Å². The van der Waals surface area contributed by atoms with E-state index in [1.165, 1.54) is 0 Å². The van der Waals surface area contributed by atoms with Gasteiger partial charge in [-0.25, -0.2) is 4.79 Å². The van der Waals surface area contributed by atoms with E-state index in [-0.39, 0.29) is 6.03 Å². The summed E-state index contributed by atoms with van der Waals surface area (Å²) in [5.74, 6) is 0.781. The summed E-state index contributed by atoms with van der Waals surface area (Å²) in [5.41, 5.74) is 1.71. The van der Waals surface area contributed by atoms with Crippen molar-refractivity contribution in [1.82, 2.24) is 5.32 Å². The van der Waals surface area contributed by atoms with Crippen LogP contribution >= 0.6 is 15.9 Å². The second-order valence-corrected chi connectivity index (χ2v) is 5.36. The average molecular weight is 361 g/mol. The van der Waals surface area contributed by atoms with Gasteiger partial charge in [-0.2, -0.15) is 0 Å². The number of carbonyl (C=O) groups is 1. The van der Waals surface area contributed by atoms with Gasteiger partial charge in [0.2, 0.25) is 0 Å². The van der Waals surface area contributed by atoms with E-state index in [0.29, 0.717) is 12.3 Å². The summed E-state index contributed by atoms with van der Waals surface area (Å²) in [6.07, 6.45) is 3.43. The lowest BCUT2D eigenvalue weighted by molar-refractivity contribution is 0.255. The van der Waals surface area contributed by atoms with Crippen LogP contribution in [0.5, 0.6) is 5.75 Å². The van der Waals surface area contributed by atoms with Crippen molar-refractivity contribution in [3.05, 3.63) is 64.8 Å². The molecule has 0 heterocycles. The fourth-order valence-corrected chi connectivity index (χ4v) is 2.02. The third kappa shape index (κ3) is 5.26. The van der Waals surface area contributed by atoms with Gasteiger partial charge in [0, 0.05) is 16.4 Å². The minimum absolute atomic E-state index is 0.294. The van der Waals surface area contributed by atoms with Crippen LogP contribution in [0, 0.1) is 0 Å². The molecule has 2 aromatic carbocycles. The lowest BCUT2D eigenvalue weighted by Gasteiger charge is -2.06. The Hall–Kier alpha value is -2.27. The van der Waals surface area contributed by atoms with Crippen molar-refractivity contribution in [2.24, 2.45) is 0 Å². The highest BCUT2D eigenvalue weighted by molar-refractivity contribution is 9.10. The van der Waals surface area contributed by atoms with Gasteiger partial charge in [0.15, 0.2) is 0 Å². The topological polar surface area (TPSA) is 50.4 Å². The average Bonchev–Trinajstić information content (AvgIpc) is 2.51. The molecule has 0 aromatic heterocycles. The summed E-state index contributed by atoms with van der Waals surface area (Å²) in [6, 6.07) is 14.7. The van der Waals surface area contributed by atoms with Crippen LogP contribution in [0.15, 0.2) is 59.2 Å². The van der Waals surface area contributed by atoms with E-state index >= 15 is 0 Å². The maximum absolute atomic E-state index is 11.8. The summed E-state index contributed by atoms with van der Waals surface area (Å²) >= 11 is 3.38. The van der Waals surface area contributed by atoms with Crippen LogP contribution < -0.4 is 15.4 Å². The number of anilines is 1. The Morgan fingerprint density at radius 1 is 1.14 bits per heavy atom. The molecule has 22 heavy (non-hydrogen) atoms. The van der Waals surface area contributed by atoms with Crippen LogP contribution in [-0.4, -0.2) is 12.6 Å². The molecule has 0 saturated heterocycles. The Morgan fingerprint density at radius 2 is 1.82 bits per heavy atom. The molecule has 0 aliphatic rings. The molecule has 0 unspecified atom stereocenters. The first-order chi connectivity index (χ1) is 10.7. The second kappa shape index (κ2) is 8.24. The van der Waals surface area contributed by atoms with Gasteiger partial charge in [0.25, 0.3) is 0 Å². The van der Waals surface area contributed by atoms with Crippen LogP contribution in [-0.2, 0) is 0 Å². The summed E-state index contributed by atoms with van der Waals surface area (Å²) < 4.78 is 6.36. The predicted octanol–water partition coefficient (Wildman–Crippen LogP) is 4.64. The van der Waals surface area contributed by atoms with Crippen LogP contribution in [0.25, 0.3) is 6.08 Å². The van der Waals surface area contributed by atoms with Crippen molar-refractivity contribution in [2.75, 3.05) is 11.9 Å². The number of rotatable bonds is 5. The maximum Gasteiger partial charge on any atom is 0.323 e. The largest absolute Gasteiger partial charge is 0.494 e. The molecule has 0 fully saturated rings. The van der Waals surface area contributed by atoms with Crippen molar-refractivity contribution in [2.45, 2.75) is 6.92 Å². The number of carbonyl (C=O) groups excluding carboxylic acids is 1. The van der Waals surface area contributed by atoms with Crippen LogP contribution in [0.3, 0.4) is 0 Å². The summed E-state index contributed by atoms with van der Waals surface area (Å²) in [4.78, 5) is 11.8. The van der Waals surface area contributed by atoms with Crippen LogP contribution in [0.1, 0.15) is 12.5 Å². The predicted molar refractivity (Wildman–Crippen MR) is 92.9 cm³/mol. The maximum atomic E-state index is 11.8. The third-order valence-corrected chi connectivity index (χ3v) is 3.31. The lowest BCUT2D eigenvalue weighted by atomic mass is 10.2. The van der Waals surface area contributed by atoms with Gasteiger partial charge in [-0.05, 0) is 55.0 Å². The van der Waals surface area contributed by atoms with Gasteiger partial charge in [0.05, 0.1) is 6.61 Å². The molecule has 4 nitrogen and oxygen atoms in total. The van der Waals surface area contributed by atoms with Crippen molar-refractivity contribution < 1.29 is 9.53 Å². The normalized spacial score (nSPS) is 10.5. The molecule has 2 aromatic rings. The van der Waals surface area contributed by atoms with Gasteiger partial charge < -0.3 is 15.4 Å². The van der Waals surface area contributed by atoms with Crippen molar-refractivity contribution in [3.63, 3.8) is 0 Å². The minimum Gasteiger partial charge on any atom is -0.494 e. The molecular formula is C17H17BrN2O2. The highest BCUT2D eigenvalue weighted by atomic mass is 79.9. The molecular weight excluding hydrogens is 344 g/mol. The van der Waals surface area contributed by atoms with E-state index in [4.69, 9.17) is 4.74 Å². The first kappa shape index (κ1) is 16.1. The van der Waals surface area contributed by atoms with E-state index < -0.39 is 0 Å². The third-order valence-electron chi connectivity index (χ3n) is 2.78. The molecule has 0 spiro atoms. The second-order valence-electron chi connectivity index (χ2n) is 4.44. The van der Waals surface area contributed by atoms with Gasteiger partial charge in [0.1, 0.15) is 5.75 Å². The molecule has 0 bridgehead atoms. The zero-order valence-corrected chi connectivity index (χ0v) is 13.8. The Morgan fingerprint density at radius 3 is 2.45 bits per heavy atom. The molecule has 0 saturated carbocycles. The Labute approximate surface area is 138 Å². The number of hydrogen-bond donors (Lipinski definition) is 2. The van der Waals surface area contributed by atoms with E-state index in [1.807, 2.05) is 49.4 Å². The summed E-state index contributed by atoms with van der Waals surface area (Å²) in [7, 11) is 0. The smallest absolute Gasteiger partial charge is 0.323 e. The van der Waals surface area contributed by atoms with Crippen LogP contribution in [0.2, 0.25) is 0 Å². The fourth-order valence-electron chi connectivity index (χ4n) is 1.76. The number of hydrogen-bond acceptors (Lipinski definition) is 2. The van der Waals surface area contributed by atoms with E-state index in [2.05, 4.69) is 26.6 Å². The zero-order chi connectivity index (χ0) is 15.8. The number of benzene rings is 2. The van der Waals surface area contributed by atoms with Gasteiger partial charge in [-0.3, -0.25) is 0 Å². The summed E-state index contributed by atoms with van der Waals surface area (Å²) in [6.45, 7) is 2.55. The molecule has 2 rings (SSSR count). The van der Waals surface area contributed by atoms with Crippen molar-refractivity contribution in [1.29, 1.82) is 0 Å². The molecule has 2 N–H and O–H groups in total. The number of urea groups is 1. The molecule has 0 aliphatic heterocycles. The minimum atomic E-state index is -0.294. The van der Waals surface area contributed by atoms with Crippen molar-refractivity contribution >= 4 is 33.7 Å². The quantitative estimate of drug-likeness (QED) is 0.815. The first-order valence-electron chi connectivity index (χ1n) is 6.90. The Kier molecular flexibility index (Phi) is 6.03. The van der Waals surface area contributed by atoms with Crippen molar-refractivity contribution in [3.8, 4) is 5.75 Å². The Bertz CT molecular complexity index is 637. The van der Waals surface area contributed by atoms with Crippen LogP contribution in [0.4, 0.5) is 10.5 Å².